The summed E-state index contributed by atoms with van der Waals surface area (Å²) < 4.78 is 0. The minimum atomic E-state index is -0.243. The van der Waals surface area contributed by atoms with E-state index >= 15 is 0 Å². The summed E-state index contributed by atoms with van der Waals surface area (Å²) in [6.45, 7) is 3.90. The monoisotopic (exact) mass is 356 g/mol. The number of nitrogens with one attached hydrogen (secondary N) is 2. The van der Waals surface area contributed by atoms with Gasteiger partial charge in [-0.3, -0.25) is 15.6 Å². The zero-order valence-electron chi connectivity index (χ0n) is 12.6. The van der Waals surface area contributed by atoms with E-state index in [-0.39, 0.29) is 5.91 Å². The van der Waals surface area contributed by atoms with Crippen molar-refractivity contribution in [1.29, 1.82) is 0 Å². The summed E-state index contributed by atoms with van der Waals surface area (Å²) in [7, 11) is 0. The van der Waals surface area contributed by atoms with Crippen LogP contribution in [0.4, 0.5) is 0 Å². The molecule has 0 saturated heterocycles. The molecule has 24 heavy (non-hydrogen) atoms. The fraction of sp³-hybridized carbons (Fsp3) is 0. The Balaban J connectivity index is 1.75. The van der Waals surface area contributed by atoms with E-state index in [2.05, 4.69) is 17.4 Å². The number of amides is 1. The van der Waals surface area contributed by atoms with Gasteiger partial charge in [0.2, 0.25) is 0 Å². The highest BCUT2D eigenvalue weighted by molar-refractivity contribution is 6.42. The maximum Gasteiger partial charge on any atom is 0.270 e. The molecule has 0 aliphatic rings. The highest BCUT2D eigenvalue weighted by atomic mass is 35.5. The molecule has 0 aliphatic heterocycles. The Morgan fingerprint density at radius 1 is 0.875 bits per heavy atom. The van der Waals surface area contributed by atoms with E-state index in [0.29, 0.717) is 21.3 Å². The van der Waals surface area contributed by atoms with Crippen LogP contribution in [0.3, 0.4) is 0 Å². The largest absolute Gasteiger partial charge is 0.298 e. The van der Waals surface area contributed by atoms with Gasteiger partial charge in [0.05, 0.1) is 15.7 Å². The lowest BCUT2D eigenvalue weighted by atomic mass is 10.0. The molecule has 2 N–H and O–H groups in total. The minimum absolute atomic E-state index is 0.243. The molecule has 0 fully saturated rings. The number of fused-ring (bicyclic) bond motifs is 1. The molecule has 120 valence electrons. The van der Waals surface area contributed by atoms with Crippen molar-refractivity contribution in [2.24, 2.45) is 0 Å². The molecule has 3 aromatic carbocycles. The van der Waals surface area contributed by atoms with Crippen LogP contribution in [0.1, 0.15) is 15.9 Å². The van der Waals surface area contributed by atoms with Crippen LogP contribution in [0.15, 0.2) is 67.2 Å². The van der Waals surface area contributed by atoms with Crippen LogP contribution in [0.5, 0.6) is 0 Å². The Hall–Kier alpha value is -2.49. The molecular weight excluding hydrogens is 343 g/mol. The predicted molar refractivity (Wildman–Crippen MR) is 100 cm³/mol. The number of benzene rings is 3. The Kier molecular flexibility index (Phi) is 4.74. The summed E-state index contributed by atoms with van der Waals surface area (Å²) in [6.07, 6.45) is 0. The molecule has 0 unspecified atom stereocenters. The van der Waals surface area contributed by atoms with Gasteiger partial charge in [-0.1, -0.05) is 72.2 Å². The average Bonchev–Trinajstić information content (AvgIpc) is 2.61. The van der Waals surface area contributed by atoms with E-state index in [9.17, 15) is 4.79 Å². The van der Waals surface area contributed by atoms with Crippen LogP contribution in [-0.2, 0) is 0 Å². The highest BCUT2D eigenvalue weighted by Gasteiger charge is 2.10. The first-order valence-corrected chi connectivity index (χ1v) is 8.00. The molecule has 1 amide bonds. The smallest absolute Gasteiger partial charge is 0.270 e. The van der Waals surface area contributed by atoms with Crippen molar-refractivity contribution >= 4 is 45.6 Å². The number of carbonyl (C=O) groups is 1. The molecule has 0 radical (unpaired) electrons. The standard InChI is InChI=1S/C19H14Cl2N2O/c1-12(14-9-10-17(20)18(21)11-14)22-23-19(24)16-8-4-6-13-5-2-3-7-15(13)16/h2-11,22H,1H2,(H,23,24). The normalized spacial score (nSPS) is 10.4. The molecule has 0 saturated carbocycles. The molecule has 3 aromatic rings. The molecule has 0 heterocycles. The molecule has 5 heteroatoms. The first kappa shape index (κ1) is 16.4. The summed E-state index contributed by atoms with van der Waals surface area (Å²) in [5.41, 5.74) is 7.31. The lowest BCUT2D eigenvalue weighted by Gasteiger charge is -2.13. The van der Waals surface area contributed by atoms with E-state index in [1.165, 1.54) is 0 Å². The summed E-state index contributed by atoms with van der Waals surface area (Å²) in [6, 6.07) is 18.5. The van der Waals surface area contributed by atoms with Gasteiger partial charge < -0.3 is 0 Å². The van der Waals surface area contributed by atoms with Crippen molar-refractivity contribution in [3.8, 4) is 0 Å². The quantitative estimate of drug-likeness (QED) is 0.642. The second-order valence-electron chi connectivity index (χ2n) is 5.21. The number of carbonyl (C=O) groups excluding carboxylic acids is 1. The van der Waals surface area contributed by atoms with Crippen LogP contribution < -0.4 is 10.9 Å². The topological polar surface area (TPSA) is 41.1 Å². The fourth-order valence-corrected chi connectivity index (χ4v) is 2.68. The fourth-order valence-electron chi connectivity index (χ4n) is 2.38. The van der Waals surface area contributed by atoms with Gasteiger partial charge in [-0.2, -0.15) is 0 Å². The molecule has 0 aromatic heterocycles. The van der Waals surface area contributed by atoms with Gasteiger partial charge in [-0.25, -0.2) is 0 Å². The van der Waals surface area contributed by atoms with E-state index in [0.717, 1.165) is 16.3 Å². The number of hydrogen-bond donors (Lipinski definition) is 2. The summed E-state index contributed by atoms with van der Waals surface area (Å²) >= 11 is 11.9. The van der Waals surface area contributed by atoms with Crippen LogP contribution >= 0.6 is 23.2 Å². The van der Waals surface area contributed by atoms with Gasteiger partial charge in [0.15, 0.2) is 0 Å². The molecule has 0 spiro atoms. The maximum atomic E-state index is 12.5. The Morgan fingerprint density at radius 3 is 2.42 bits per heavy atom. The summed E-state index contributed by atoms with van der Waals surface area (Å²) in [5, 5.41) is 2.79. The van der Waals surface area contributed by atoms with Crippen LogP contribution in [0.2, 0.25) is 10.0 Å². The Labute approximate surface area is 149 Å². The van der Waals surface area contributed by atoms with Crippen molar-refractivity contribution in [3.63, 3.8) is 0 Å². The van der Waals surface area contributed by atoms with E-state index < -0.39 is 0 Å². The second kappa shape index (κ2) is 6.95. The van der Waals surface area contributed by atoms with Crippen molar-refractivity contribution in [2.45, 2.75) is 0 Å². The number of halogens is 2. The zero-order valence-corrected chi connectivity index (χ0v) is 14.2. The van der Waals surface area contributed by atoms with Gasteiger partial charge in [0.25, 0.3) is 5.91 Å². The van der Waals surface area contributed by atoms with E-state index in [4.69, 9.17) is 23.2 Å². The lowest BCUT2D eigenvalue weighted by molar-refractivity contribution is 0.0944. The third-order valence-electron chi connectivity index (χ3n) is 3.63. The third-order valence-corrected chi connectivity index (χ3v) is 4.37. The first-order chi connectivity index (χ1) is 11.6. The third kappa shape index (κ3) is 3.37. The minimum Gasteiger partial charge on any atom is -0.298 e. The zero-order chi connectivity index (χ0) is 17.1. The number of hydrazine groups is 1. The van der Waals surface area contributed by atoms with Gasteiger partial charge in [-0.05, 0) is 29.0 Å². The summed E-state index contributed by atoms with van der Waals surface area (Å²) in [4.78, 5) is 12.5. The molecule has 3 nitrogen and oxygen atoms in total. The molecule has 0 aliphatic carbocycles. The SMILES string of the molecule is C=C(NNC(=O)c1cccc2ccccc12)c1ccc(Cl)c(Cl)c1. The lowest BCUT2D eigenvalue weighted by Crippen LogP contribution is -2.35. The average molecular weight is 357 g/mol. The summed E-state index contributed by atoms with van der Waals surface area (Å²) in [5.74, 6) is -0.243. The second-order valence-corrected chi connectivity index (χ2v) is 6.03. The number of hydrogen-bond acceptors (Lipinski definition) is 2. The maximum absolute atomic E-state index is 12.5. The van der Waals surface area contributed by atoms with E-state index in [1.807, 2.05) is 36.4 Å². The highest BCUT2D eigenvalue weighted by Crippen LogP contribution is 2.24. The van der Waals surface area contributed by atoms with Crippen LogP contribution in [0, 0.1) is 0 Å². The van der Waals surface area contributed by atoms with Crippen molar-refractivity contribution in [2.75, 3.05) is 0 Å². The molecule has 3 rings (SSSR count). The van der Waals surface area contributed by atoms with Gasteiger partial charge in [0.1, 0.15) is 0 Å². The van der Waals surface area contributed by atoms with Crippen molar-refractivity contribution in [1.82, 2.24) is 10.9 Å². The van der Waals surface area contributed by atoms with Crippen LogP contribution in [0.25, 0.3) is 16.5 Å². The molecular formula is C19H14Cl2N2O. The Bertz CT molecular complexity index is 932. The van der Waals surface area contributed by atoms with Gasteiger partial charge in [-0.15, -0.1) is 0 Å². The predicted octanol–water partition coefficient (Wildman–Crippen LogP) is 5.05. The van der Waals surface area contributed by atoms with Gasteiger partial charge in [0, 0.05) is 11.1 Å². The molecule has 0 atom stereocenters. The first-order valence-electron chi connectivity index (χ1n) is 7.25. The van der Waals surface area contributed by atoms with Crippen molar-refractivity contribution < 1.29 is 4.79 Å². The van der Waals surface area contributed by atoms with Crippen molar-refractivity contribution in [3.05, 3.63) is 88.4 Å². The number of rotatable bonds is 4. The van der Waals surface area contributed by atoms with Crippen LogP contribution in [-0.4, -0.2) is 5.91 Å². The van der Waals surface area contributed by atoms with E-state index in [1.54, 1.807) is 24.3 Å². The molecule has 0 bridgehead atoms. The Morgan fingerprint density at radius 2 is 1.62 bits per heavy atom. The van der Waals surface area contributed by atoms with Gasteiger partial charge >= 0.3 is 0 Å².